The van der Waals surface area contributed by atoms with Gasteiger partial charge in [0, 0.05) is 24.7 Å². The van der Waals surface area contributed by atoms with Crippen molar-refractivity contribution < 1.29 is 22.3 Å². The summed E-state index contributed by atoms with van der Waals surface area (Å²) in [5.41, 5.74) is 1.22. The Balaban J connectivity index is 1.62. The van der Waals surface area contributed by atoms with Crippen LogP contribution in [0.5, 0.6) is 5.75 Å². The van der Waals surface area contributed by atoms with Gasteiger partial charge in [-0.1, -0.05) is 0 Å². The SMILES string of the molecule is COc1ccc(S(=O)(=O)N2CCC(C(=O)Nc3ccc(F)cc3C)CC2)cc1. The van der Waals surface area contributed by atoms with E-state index in [1.165, 1.54) is 41.7 Å². The molecule has 0 bridgehead atoms. The molecule has 0 spiro atoms. The first-order valence-electron chi connectivity index (χ1n) is 9.02. The minimum Gasteiger partial charge on any atom is -0.497 e. The quantitative estimate of drug-likeness (QED) is 0.828. The number of sulfonamides is 1. The molecule has 6 nitrogen and oxygen atoms in total. The van der Waals surface area contributed by atoms with E-state index in [1.54, 1.807) is 19.1 Å². The van der Waals surface area contributed by atoms with Crippen molar-refractivity contribution in [2.45, 2.75) is 24.7 Å². The number of carbonyl (C=O) groups excluding carboxylic acids is 1. The number of piperidine rings is 1. The van der Waals surface area contributed by atoms with Crippen molar-refractivity contribution in [3.63, 3.8) is 0 Å². The highest BCUT2D eigenvalue weighted by Crippen LogP contribution is 2.26. The number of ether oxygens (including phenoxy) is 1. The van der Waals surface area contributed by atoms with E-state index in [-0.39, 0.29) is 35.6 Å². The molecule has 8 heteroatoms. The first kappa shape index (κ1) is 20.3. The smallest absolute Gasteiger partial charge is 0.243 e. The monoisotopic (exact) mass is 406 g/mol. The molecule has 3 rings (SSSR count). The van der Waals surface area contributed by atoms with E-state index < -0.39 is 10.0 Å². The molecule has 2 aromatic carbocycles. The summed E-state index contributed by atoms with van der Waals surface area (Å²) < 4.78 is 45.2. The highest BCUT2D eigenvalue weighted by molar-refractivity contribution is 7.89. The summed E-state index contributed by atoms with van der Waals surface area (Å²) in [6.45, 7) is 2.27. The Morgan fingerprint density at radius 1 is 1.14 bits per heavy atom. The van der Waals surface area contributed by atoms with Gasteiger partial charge >= 0.3 is 0 Å². The Bertz CT molecular complexity index is 953. The molecule has 0 aliphatic carbocycles. The molecule has 28 heavy (non-hydrogen) atoms. The van der Waals surface area contributed by atoms with Crippen LogP contribution in [0.2, 0.25) is 0 Å². The van der Waals surface area contributed by atoms with Crippen LogP contribution in [0.25, 0.3) is 0 Å². The molecule has 1 amide bonds. The summed E-state index contributed by atoms with van der Waals surface area (Å²) in [4.78, 5) is 12.7. The zero-order chi connectivity index (χ0) is 20.3. The molecule has 1 N–H and O–H groups in total. The molecule has 1 saturated heterocycles. The highest BCUT2D eigenvalue weighted by Gasteiger charge is 2.32. The van der Waals surface area contributed by atoms with Gasteiger partial charge in [-0.05, 0) is 67.8 Å². The number of amides is 1. The molecular weight excluding hydrogens is 383 g/mol. The van der Waals surface area contributed by atoms with Gasteiger partial charge in [-0.2, -0.15) is 4.31 Å². The summed E-state index contributed by atoms with van der Waals surface area (Å²) in [6.07, 6.45) is 0.864. The zero-order valence-corrected chi connectivity index (χ0v) is 16.6. The number of halogens is 1. The fourth-order valence-electron chi connectivity index (χ4n) is 3.26. The number of nitrogens with zero attached hydrogens (tertiary/aromatic N) is 1. The molecule has 0 saturated carbocycles. The number of aryl methyl sites for hydroxylation is 1. The molecule has 150 valence electrons. The van der Waals surface area contributed by atoms with Gasteiger partial charge < -0.3 is 10.1 Å². The van der Waals surface area contributed by atoms with Crippen LogP contribution in [0.15, 0.2) is 47.4 Å². The minimum atomic E-state index is -3.60. The van der Waals surface area contributed by atoms with Crippen molar-refractivity contribution >= 4 is 21.6 Å². The molecule has 1 heterocycles. The molecule has 1 aliphatic rings. The normalized spacial score (nSPS) is 16.0. The van der Waals surface area contributed by atoms with Crippen molar-refractivity contribution in [2.75, 3.05) is 25.5 Å². The molecule has 0 atom stereocenters. The van der Waals surface area contributed by atoms with Gasteiger partial charge in [-0.3, -0.25) is 4.79 Å². The standard InChI is InChI=1S/C20H23FN2O4S/c1-14-13-16(21)3-8-19(14)22-20(24)15-9-11-23(12-10-15)28(25,26)18-6-4-17(27-2)5-7-18/h3-8,13,15H,9-12H2,1-2H3,(H,22,24). The second-order valence-electron chi connectivity index (χ2n) is 6.80. The lowest BCUT2D eigenvalue weighted by Crippen LogP contribution is -2.41. The highest BCUT2D eigenvalue weighted by atomic mass is 32.2. The van der Waals surface area contributed by atoms with E-state index in [1.807, 2.05) is 0 Å². The average Bonchev–Trinajstić information content (AvgIpc) is 2.70. The maximum atomic E-state index is 13.2. The van der Waals surface area contributed by atoms with Gasteiger partial charge in [0.1, 0.15) is 11.6 Å². The van der Waals surface area contributed by atoms with E-state index in [0.29, 0.717) is 29.8 Å². The van der Waals surface area contributed by atoms with Crippen LogP contribution in [-0.4, -0.2) is 38.8 Å². The van der Waals surface area contributed by atoms with E-state index >= 15 is 0 Å². The fourth-order valence-corrected chi connectivity index (χ4v) is 4.73. The summed E-state index contributed by atoms with van der Waals surface area (Å²) in [6, 6.07) is 10.4. The van der Waals surface area contributed by atoms with Crippen LogP contribution in [-0.2, 0) is 14.8 Å². The predicted molar refractivity (Wildman–Crippen MR) is 104 cm³/mol. The van der Waals surface area contributed by atoms with E-state index in [4.69, 9.17) is 4.74 Å². The summed E-state index contributed by atoms with van der Waals surface area (Å²) in [5.74, 6) is -0.221. The third-order valence-corrected chi connectivity index (χ3v) is 6.88. The third kappa shape index (κ3) is 4.34. The van der Waals surface area contributed by atoms with E-state index in [0.717, 1.165) is 0 Å². The lowest BCUT2D eigenvalue weighted by molar-refractivity contribution is -0.120. The van der Waals surface area contributed by atoms with Crippen LogP contribution in [0.4, 0.5) is 10.1 Å². The Morgan fingerprint density at radius 2 is 1.79 bits per heavy atom. The number of hydrogen-bond acceptors (Lipinski definition) is 4. The van der Waals surface area contributed by atoms with Crippen molar-refractivity contribution in [3.8, 4) is 5.75 Å². The van der Waals surface area contributed by atoms with Gasteiger partial charge in [0.05, 0.1) is 12.0 Å². The Labute approximate surface area is 164 Å². The lowest BCUT2D eigenvalue weighted by atomic mass is 9.97. The number of benzene rings is 2. The van der Waals surface area contributed by atoms with Gasteiger partial charge in [-0.25, -0.2) is 12.8 Å². The van der Waals surface area contributed by atoms with Crippen LogP contribution in [0, 0.1) is 18.7 Å². The second kappa shape index (κ2) is 8.28. The summed E-state index contributed by atoms with van der Waals surface area (Å²) in [5, 5.41) is 2.82. The van der Waals surface area contributed by atoms with Crippen LogP contribution < -0.4 is 10.1 Å². The van der Waals surface area contributed by atoms with E-state index in [2.05, 4.69) is 5.32 Å². The van der Waals surface area contributed by atoms with Crippen LogP contribution in [0.3, 0.4) is 0 Å². The van der Waals surface area contributed by atoms with E-state index in [9.17, 15) is 17.6 Å². The predicted octanol–water partition coefficient (Wildman–Crippen LogP) is 3.18. The van der Waals surface area contributed by atoms with Crippen molar-refractivity contribution in [3.05, 3.63) is 53.8 Å². The maximum absolute atomic E-state index is 13.2. The third-order valence-electron chi connectivity index (χ3n) is 4.97. The molecule has 2 aromatic rings. The summed E-state index contributed by atoms with van der Waals surface area (Å²) >= 11 is 0. The van der Waals surface area contributed by atoms with Gasteiger partial charge in [0.2, 0.25) is 15.9 Å². The molecule has 0 radical (unpaired) electrons. The molecule has 1 aliphatic heterocycles. The molecule has 0 unspecified atom stereocenters. The largest absolute Gasteiger partial charge is 0.497 e. The second-order valence-corrected chi connectivity index (χ2v) is 8.74. The lowest BCUT2D eigenvalue weighted by Gasteiger charge is -2.30. The van der Waals surface area contributed by atoms with Crippen LogP contribution in [0.1, 0.15) is 18.4 Å². The van der Waals surface area contributed by atoms with Gasteiger partial charge in [0.25, 0.3) is 0 Å². The average molecular weight is 406 g/mol. The van der Waals surface area contributed by atoms with Crippen molar-refractivity contribution in [1.29, 1.82) is 0 Å². The topological polar surface area (TPSA) is 75.7 Å². The van der Waals surface area contributed by atoms with Crippen molar-refractivity contribution in [1.82, 2.24) is 4.31 Å². The Kier molecular flexibility index (Phi) is 6.00. The minimum absolute atomic E-state index is 0.170. The Morgan fingerprint density at radius 3 is 2.36 bits per heavy atom. The molecule has 1 fully saturated rings. The first-order chi connectivity index (χ1) is 13.3. The molecule has 0 aromatic heterocycles. The molecular formula is C20H23FN2O4S. The van der Waals surface area contributed by atoms with Crippen molar-refractivity contribution in [2.24, 2.45) is 5.92 Å². The van der Waals surface area contributed by atoms with Gasteiger partial charge in [-0.15, -0.1) is 0 Å². The fraction of sp³-hybridized carbons (Fsp3) is 0.350. The number of rotatable bonds is 5. The van der Waals surface area contributed by atoms with Crippen LogP contribution >= 0.6 is 0 Å². The van der Waals surface area contributed by atoms with Gasteiger partial charge in [0.15, 0.2) is 0 Å². The number of hydrogen-bond donors (Lipinski definition) is 1. The Hall–Kier alpha value is -2.45. The summed E-state index contributed by atoms with van der Waals surface area (Å²) in [7, 11) is -2.08. The number of nitrogens with one attached hydrogen (secondary N) is 1. The first-order valence-corrected chi connectivity index (χ1v) is 10.5. The maximum Gasteiger partial charge on any atom is 0.243 e. The number of methoxy groups -OCH3 is 1. The number of carbonyl (C=O) groups is 1. The number of anilines is 1. The zero-order valence-electron chi connectivity index (χ0n) is 15.8.